The molecule has 0 aliphatic carbocycles. The Morgan fingerprint density at radius 1 is 1.19 bits per heavy atom. The number of nitrogens with zero attached hydrogens (tertiary/aromatic N) is 2. The normalized spacial score (nSPS) is 12.3. The van der Waals surface area contributed by atoms with Crippen LogP contribution in [0.15, 0.2) is 47.6 Å². The summed E-state index contributed by atoms with van der Waals surface area (Å²) in [6.45, 7) is 6.86. The maximum absolute atomic E-state index is 5.96. The molecule has 148 valence electrons. The lowest BCUT2D eigenvalue weighted by Gasteiger charge is -2.16. The highest BCUT2D eigenvalue weighted by Crippen LogP contribution is 2.16. The van der Waals surface area contributed by atoms with Crippen LogP contribution in [0.2, 0.25) is 0 Å². The Bertz CT molecular complexity index is 720. The lowest BCUT2D eigenvalue weighted by atomic mass is 10.1. The second kappa shape index (κ2) is 11.6. The van der Waals surface area contributed by atoms with Crippen molar-refractivity contribution in [1.29, 1.82) is 0 Å². The Morgan fingerprint density at radius 3 is 2.52 bits per heavy atom. The fourth-order valence-electron chi connectivity index (χ4n) is 2.57. The smallest absolute Gasteiger partial charge is 0.213 e. The Kier molecular flexibility index (Phi) is 9.92. The SMILES string of the molecule is COc1ccc(NC(N)=NCc2ccnc(OC(C)CC(C)C)c2)cc1.I. The molecule has 0 aliphatic rings. The number of benzene rings is 1. The fraction of sp³-hybridized carbons (Fsp3) is 0.400. The third-order valence-electron chi connectivity index (χ3n) is 3.72. The van der Waals surface area contributed by atoms with Crippen LogP contribution in [0.4, 0.5) is 5.69 Å². The Labute approximate surface area is 178 Å². The van der Waals surface area contributed by atoms with Crippen molar-refractivity contribution in [2.24, 2.45) is 16.6 Å². The van der Waals surface area contributed by atoms with Crippen molar-refractivity contribution >= 4 is 35.6 Å². The molecule has 1 aromatic carbocycles. The van der Waals surface area contributed by atoms with Crippen LogP contribution in [-0.4, -0.2) is 24.2 Å². The summed E-state index contributed by atoms with van der Waals surface area (Å²) >= 11 is 0. The first-order valence-electron chi connectivity index (χ1n) is 8.79. The molecule has 1 heterocycles. The van der Waals surface area contributed by atoms with Gasteiger partial charge in [-0.15, -0.1) is 24.0 Å². The van der Waals surface area contributed by atoms with Gasteiger partial charge in [0, 0.05) is 18.0 Å². The summed E-state index contributed by atoms with van der Waals surface area (Å²) in [7, 11) is 1.63. The van der Waals surface area contributed by atoms with E-state index in [1.165, 1.54) is 0 Å². The van der Waals surface area contributed by atoms with Gasteiger partial charge in [-0.25, -0.2) is 9.98 Å². The van der Waals surface area contributed by atoms with Crippen molar-refractivity contribution < 1.29 is 9.47 Å². The largest absolute Gasteiger partial charge is 0.497 e. The molecule has 2 aromatic rings. The van der Waals surface area contributed by atoms with E-state index in [1.54, 1.807) is 13.3 Å². The van der Waals surface area contributed by atoms with Gasteiger partial charge in [-0.1, -0.05) is 13.8 Å². The summed E-state index contributed by atoms with van der Waals surface area (Å²) in [5.74, 6) is 2.35. The van der Waals surface area contributed by atoms with Crippen molar-refractivity contribution in [2.45, 2.75) is 39.8 Å². The summed E-state index contributed by atoms with van der Waals surface area (Å²) < 4.78 is 11.0. The molecule has 1 unspecified atom stereocenters. The second-order valence-corrected chi connectivity index (χ2v) is 6.62. The number of rotatable bonds is 8. The third kappa shape index (κ3) is 8.47. The van der Waals surface area contributed by atoms with Gasteiger partial charge in [0.05, 0.1) is 19.8 Å². The monoisotopic (exact) mass is 484 g/mol. The number of nitrogens with two attached hydrogens (primary N) is 1. The molecule has 1 atom stereocenters. The fourth-order valence-corrected chi connectivity index (χ4v) is 2.57. The Hall–Kier alpha value is -2.03. The second-order valence-electron chi connectivity index (χ2n) is 6.62. The standard InChI is InChI=1S/C20H28N4O2.HI/c1-14(2)11-15(3)26-19-12-16(9-10-22-19)13-23-20(21)24-17-5-7-18(25-4)8-6-17;/h5-10,12,14-15H,11,13H2,1-4H3,(H3,21,23,24);1H. The van der Waals surface area contributed by atoms with E-state index in [9.17, 15) is 0 Å². The van der Waals surface area contributed by atoms with Gasteiger partial charge in [-0.3, -0.25) is 0 Å². The Balaban J connectivity index is 0.00000364. The zero-order valence-electron chi connectivity index (χ0n) is 16.3. The van der Waals surface area contributed by atoms with Gasteiger partial charge >= 0.3 is 0 Å². The van der Waals surface area contributed by atoms with E-state index in [1.807, 2.05) is 36.4 Å². The highest BCUT2D eigenvalue weighted by atomic mass is 127. The summed E-state index contributed by atoms with van der Waals surface area (Å²) in [6.07, 6.45) is 2.85. The van der Waals surface area contributed by atoms with Crippen LogP contribution in [-0.2, 0) is 6.54 Å². The predicted molar refractivity (Wildman–Crippen MR) is 121 cm³/mol. The van der Waals surface area contributed by atoms with Crippen molar-refractivity contribution in [3.8, 4) is 11.6 Å². The molecule has 0 fully saturated rings. The maximum Gasteiger partial charge on any atom is 0.213 e. The summed E-state index contributed by atoms with van der Waals surface area (Å²) in [5, 5.41) is 3.06. The predicted octanol–water partition coefficient (Wildman–Crippen LogP) is 4.45. The van der Waals surface area contributed by atoms with Gasteiger partial charge in [0.15, 0.2) is 5.96 Å². The van der Waals surface area contributed by atoms with Gasteiger partial charge in [-0.2, -0.15) is 0 Å². The van der Waals surface area contributed by atoms with E-state index in [0.717, 1.165) is 23.4 Å². The number of anilines is 1. The molecular weight excluding hydrogens is 455 g/mol. The van der Waals surface area contributed by atoms with E-state index in [4.69, 9.17) is 15.2 Å². The number of aromatic nitrogens is 1. The number of hydrogen-bond donors (Lipinski definition) is 2. The molecule has 0 aliphatic heterocycles. The highest BCUT2D eigenvalue weighted by molar-refractivity contribution is 14.0. The lowest BCUT2D eigenvalue weighted by Crippen LogP contribution is -2.22. The molecule has 7 heteroatoms. The van der Waals surface area contributed by atoms with Crippen LogP contribution < -0.4 is 20.5 Å². The first-order chi connectivity index (χ1) is 12.5. The zero-order valence-corrected chi connectivity index (χ0v) is 18.6. The van der Waals surface area contributed by atoms with Crippen LogP contribution >= 0.6 is 24.0 Å². The lowest BCUT2D eigenvalue weighted by molar-refractivity contribution is 0.185. The molecule has 0 saturated carbocycles. The van der Waals surface area contributed by atoms with E-state index in [-0.39, 0.29) is 30.1 Å². The topological polar surface area (TPSA) is 81.8 Å². The average molecular weight is 484 g/mol. The Morgan fingerprint density at radius 2 is 1.89 bits per heavy atom. The van der Waals surface area contributed by atoms with Crippen molar-refractivity contribution in [2.75, 3.05) is 12.4 Å². The third-order valence-corrected chi connectivity index (χ3v) is 3.72. The molecule has 0 spiro atoms. The molecule has 3 N–H and O–H groups in total. The molecule has 0 bridgehead atoms. The molecule has 0 amide bonds. The first-order valence-corrected chi connectivity index (χ1v) is 8.79. The van der Waals surface area contributed by atoms with Gasteiger partial charge in [-0.05, 0) is 55.2 Å². The number of ether oxygens (including phenoxy) is 2. The number of aliphatic imine (C=N–C) groups is 1. The first kappa shape index (κ1) is 23.0. The molecule has 27 heavy (non-hydrogen) atoms. The number of guanidine groups is 1. The number of nitrogens with one attached hydrogen (secondary N) is 1. The molecule has 0 radical (unpaired) electrons. The van der Waals surface area contributed by atoms with Crippen LogP contribution in [0.3, 0.4) is 0 Å². The number of pyridine rings is 1. The molecule has 2 rings (SSSR count). The minimum atomic E-state index is 0. The van der Waals surface area contributed by atoms with Crippen molar-refractivity contribution in [3.05, 3.63) is 48.2 Å². The van der Waals surface area contributed by atoms with Crippen LogP contribution in [0, 0.1) is 5.92 Å². The van der Waals surface area contributed by atoms with Crippen LogP contribution in [0.5, 0.6) is 11.6 Å². The van der Waals surface area contributed by atoms with E-state index < -0.39 is 0 Å². The van der Waals surface area contributed by atoms with E-state index in [2.05, 4.69) is 36.1 Å². The number of methoxy groups -OCH3 is 1. The minimum Gasteiger partial charge on any atom is -0.497 e. The quantitative estimate of drug-likeness (QED) is 0.329. The van der Waals surface area contributed by atoms with Crippen LogP contribution in [0.1, 0.15) is 32.8 Å². The molecule has 1 aromatic heterocycles. The molecular formula is C20H29IN4O2. The number of hydrogen-bond acceptors (Lipinski definition) is 4. The molecule has 0 saturated heterocycles. The van der Waals surface area contributed by atoms with Gasteiger partial charge in [0.1, 0.15) is 5.75 Å². The summed E-state index contributed by atoms with van der Waals surface area (Å²) in [4.78, 5) is 8.64. The van der Waals surface area contributed by atoms with E-state index >= 15 is 0 Å². The van der Waals surface area contributed by atoms with Gasteiger partial charge in [0.25, 0.3) is 0 Å². The van der Waals surface area contributed by atoms with Crippen molar-refractivity contribution in [3.63, 3.8) is 0 Å². The molecule has 6 nitrogen and oxygen atoms in total. The summed E-state index contributed by atoms with van der Waals surface area (Å²) in [5.41, 5.74) is 7.81. The average Bonchev–Trinajstić information content (AvgIpc) is 2.60. The van der Waals surface area contributed by atoms with Gasteiger partial charge < -0.3 is 20.5 Å². The zero-order chi connectivity index (χ0) is 18.9. The van der Waals surface area contributed by atoms with Crippen molar-refractivity contribution in [1.82, 2.24) is 4.98 Å². The number of halogens is 1. The van der Waals surface area contributed by atoms with Crippen LogP contribution in [0.25, 0.3) is 0 Å². The summed E-state index contributed by atoms with van der Waals surface area (Å²) in [6, 6.07) is 11.3. The minimum absolute atomic E-state index is 0. The highest BCUT2D eigenvalue weighted by Gasteiger charge is 2.08. The van der Waals surface area contributed by atoms with E-state index in [0.29, 0.717) is 24.3 Å². The van der Waals surface area contributed by atoms with Gasteiger partial charge in [0.2, 0.25) is 5.88 Å². The maximum atomic E-state index is 5.96.